The molecule has 2 N–H and O–H groups in total. The van der Waals surface area contributed by atoms with Gasteiger partial charge in [0, 0.05) is 0 Å². The van der Waals surface area contributed by atoms with Gasteiger partial charge < -0.3 is 10.4 Å². The van der Waals surface area contributed by atoms with Crippen molar-refractivity contribution in [2.45, 2.75) is 24.9 Å². The summed E-state index contributed by atoms with van der Waals surface area (Å²) in [6.07, 6.45) is 2.34. The molecule has 23 heavy (non-hydrogen) atoms. The number of rotatable bonds is 3. The highest BCUT2D eigenvalue weighted by Crippen LogP contribution is 2.34. The first-order valence-corrected chi connectivity index (χ1v) is 7.92. The van der Waals surface area contributed by atoms with Crippen molar-refractivity contribution in [2.24, 2.45) is 0 Å². The molecule has 1 amide bonds. The molecule has 0 aromatic heterocycles. The summed E-state index contributed by atoms with van der Waals surface area (Å²) in [4.78, 5) is 12.2. The van der Waals surface area contributed by atoms with Gasteiger partial charge in [-0.1, -0.05) is 41.9 Å². The van der Waals surface area contributed by atoms with E-state index in [1.807, 2.05) is 24.3 Å². The summed E-state index contributed by atoms with van der Waals surface area (Å²) >= 11 is 5.83. The van der Waals surface area contributed by atoms with Gasteiger partial charge >= 0.3 is 0 Å². The maximum atomic E-state index is 13.4. The zero-order valence-electron chi connectivity index (χ0n) is 12.5. The molecule has 0 fully saturated rings. The lowest BCUT2D eigenvalue weighted by Crippen LogP contribution is -2.43. The lowest BCUT2D eigenvalue weighted by atomic mass is 9.79. The van der Waals surface area contributed by atoms with Crippen molar-refractivity contribution in [3.05, 3.63) is 70.0 Å². The number of benzene rings is 2. The second kappa shape index (κ2) is 6.30. The van der Waals surface area contributed by atoms with Gasteiger partial charge in [0.25, 0.3) is 5.91 Å². The third-order valence-corrected chi connectivity index (χ3v) is 4.68. The number of carbonyl (C=O) groups is 1. The largest absolute Gasteiger partial charge is 0.383 e. The molecule has 120 valence electrons. The number of aryl methyl sites for hydroxylation is 1. The number of hydrogen-bond donors (Lipinski definition) is 2. The lowest BCUT2D eigenvalue weighted by Gasteiger charge is -2.34. The summed E-state index contributed by atoms with van der Waals surface area (Å²) in [5.41, 5.74) is 0.903. The van der Waals surface area contributed by atoms with Crippen molar-refractivity contribution in [1.82, 2.24) is 5.32 Å². The Morgan fingerprint density at radius 3 is 2.87 bits per heavy atom. The van der Waals surface area contributed by atoms with Gasteiger partial charge in [0.2, 0.25) is 0 Å². The first kappa shape index (κ1) is 16.0. The van der Waals surface area contributed by atoms with Crippen LogP contribution in [-0.4, -0.2) is 17.6 Å². The van der Waals surface area contributed by atoms with Gasteiger partial charge in [-0.3, -0.25) is 4.79 Å². The summed E-state index contributed by atoms with van der Waals surface area (Å²) < 4.78 is 13.4. The number of carbonyl (C=O) groups excluding carboxylic acids is 1. The molecule has 0 bridgehead atoms. The Balaban J connectivity index is 1.78. The fraction of sp³-hybridized carbons (Fsp3) is 0.278. The van der Waals surface area contributed by atoms with Crippen LogP contribution in [-0.2, 0) is 12.0 Å². The highest BCUT2D eigenvalue weighted by Gasteiger charge is 2.34. The lowest BCUT2D eigenvalue weighted by molar-refractivity contribution is 0.0189. The van der Waals surface area contributed by atoms with Crippen molar-refractivity contribution in [3.63, 3.8) is 0 Å². The van der Waals surface area contributed by atoms with Crippen molar-refractivity contribution in [3.8, 4) is 0 Å². The highest BCUT2D eigenvalue weighted by atomic mass is 35.5. The quantitative estimate of drug-likeness (QED) is 0.904. The van der Waals surface area contributed by atoms with Crippen molar-refractivity contribution in [2.75, 3.05) is 6.54 Å². The standard InChI is InChI=1S/C18H17ClFNO2/c19-16-13(7-3-9-15(16)20)17(22)21-11-18(23)10-4-6-12-5-1-2-8-14(12)18/h1-3,5,7-9,23H,4,6,10-11H2,(H,21,22). The third-order valence-electron chi connectivity index (χ3n) is 4.29. The second-order valence-electron chi connectivity index (χ2n) is 5.83. The molecule has 1 atom stereocenters. The van der Waals surface area contributed by atoms with Crippen molar-refractivity contribution in [1.29, 1.82) is 0 Å². The van der Waals surface area contributed by atoms with E-state index in [9.17, 15) is 14.3 Å². The molecule has 1 aliphatic carbocycles. The molecule has 0 spiro atoms. The molecule has 0 radical (unpaired) electrons. The molecule has 2 aromatic rings. The van der Waals surface area contributed by atoms with E-state index in [0.29, 0.717) is 6.42 Å². The van der Waals surface area contributed by atoms with E-state index in [1.165, 1.54) is 18.2 Å². The molecule has 1 unspecified atom stereocenters. The van der Waals surface area contributed by atoms with E-state index in [1.54, 1.807) is 0 Å². The molecular weight excluding hydrogens is 317 g/mol. The molecule has 3 nitrogen and oxygen atoms in total. The van der Waals surface area contributed by atoms with E-state index in [4.69, 9.17) is 11.6 Å². The molecule has 1 aliphatic rings. The van der Waals surface area contributed by atoms with Gasteiger partial charge in [-0.05, 0) is 42.5 Å². The van der Waals surface area contributed by atoms with Crippen LogP contribution in [0.25, 0.3) is 0 Å². The molecule has 5 heteroatoms. The first-order chi connectivity index (χ1) is 11.0. The van der Waals surface area contributed by atoms with E-state index in [2.05, 4.69) is 5.32 Å². The number of amides is 1. The Labute approximate surface area is 139 Å². The predicted molar refractivity (Wildman–Crippen MR) is 87.0 cm³/mol. The fourth-order valence-electron chi connectivity index (χ4n) is 3.08. The maximum absolute atomic E-state index is 13.4. The smallest absolute Gasteiger partial charge is 0.253 e. The summed E-state index contributed by atoms with van der Waals surface area (Å²) in [6.45, 7) is 0.0652. The molecule has 0 heterocycles. The number of fused-ring (bicyclic) bond motifs is 1. The summed E-state index contributed by atoms with van der Waals surface area (Å²) in [6, 6.07) is 11.8. The Morgan fingerprint density at radius 2 is 2.04 bits per heavy atom. The van der Waals surface area contributed by atoms with Crippen LogP contribution in [0, 0.1) is 5.82 Å². The summed E-state index contributed by atoms with van der Waals surface area (Å²) in [7, 11) is 0. The number of aliphatic hydroxyl groups is 1. The maximum Gasteiger partial charge on any atom is 0.253 e. The van der Waals surface area contributed by atoms with Gasteiger partial charge in [0.15, 0.2) is 0 Å². The topological polar surface area (TPSA) is 49.3 Å². The number of nitrogens with one attached hydrogen (secondary N) is 1. The van der Waals surface area contributed by atoms with Gasteiger partial charge in [-0.25, -0.2) is 4.39 Å². The molecule has 0 aliphatic heterocycles. The van der Waals surface area contributed by atoms with Gasteiger partial charge in [-0.2, -0.15) is 0 Å². The van der Waals surface area contributed by atoms with E-state index in [-0.39, 0.29) is 17.1 Å². The summed E-state index contributed by atoms with van der Waals surface area (Å²) in [5, 5.41) is 13.4. The molecule has 2 aromatic carbocycles. The number of hydrogen-bond acceptors (Lipinski definition) is 2. The molecular formula is C18H17ClFNO2. The van der Waals surface area contributed by atoms with E-state index < -0.39 is 17.3 Å². The Hall–Kier alpha value is -1.91. The van der Waals surface area contributed by atoms with Crippen LogP contribution in [0.5, 0.6) is 0 Å². The minimum Gasteiger partial charge on any atom is -0.383 e. The van der Waals surface area contributed by atoms with Crippen molar-refractivity contribution < 1.29 is 14.3 Å². The summed E-state index contributed by atoms with van der Waals surface area (Å²) in [5.74, 6) is -1.13. The number of halogens is 2. The fourth-order valence-corrected chi connectivity index (χ4v) is 3.29. The van der Waals surface area contributed by atoms with Gasteiger partial charge in [0.05, 0.1) is 17.1 Å². The van der Waals surface area contributed by atoms with Crippen LogP contribution in [0.2, 0.25) is 5.02 Å². The van der Waals surface area contributed by atoms with Crippen LogP contribution < -0.4 is 5.32 Å². The minimum atomic E-state index is -1.11. The highest BCUT2D eigenvalue weighted by molar-refractivity contribution is 6.34. The van der Waals surface area contributed by atoms with Crippen LogP contribution in [0.4, 0.5) is 4.39 Å². The predicted octanol–water partition coefficient (Wildman–Crippen LogP) is 3.43. The van der Waals surface area contributed by atoms with Gasteiger partial charge in [-0.15, -0.1) is 0 Å². The van der Waals surface area contributed by atoms with E-state index in [0.717, 1.165) is 24.0 Å². The zero-order valence-corrected chi connectivity index (χ0v) is 13.2. The molecule has 0 saturated carbocycles. The Kier molecular flexibility index (Phi) is 4.37. The zero-order chi connectivity index (χ0) is 16.4. The average molecular weight is 334 g/mol. The SMILES string of the molecule is O=C(NCC1(O)CCCc2ccccc21)c1cccc(F)c1Cl. The third kappa shape index (κ3) is 3.09. The van der Waals surface area contributed by atoms with Crippen LogP contribution >= 0.6 is 11.6 Å². The Morgan fingerprint density at radius 1 is 1.26 bits per heavy atom. The van der Waals surface area contributed by atoms with Gasteiger partial charge in [0.1, 0.15) is 11.4 Å². The Bertz CT molecular complexity index is 750. The van der Waals surface area contributed by atoms with Crippen LogP contribution in [0.15, 0.2) is 42.5 Å². The second-order valence-corrected chi connectivity index (χ2v) is 6.20. The first-order valence-electron chi connectivity index (χ1n) is 7.54. The van der Waals surface area contributed by atoms with Crippen molar-refractivity contribution >= 4 is 17.5 Å². The van der Waals surface area contributed by atoms with E-state index >= 15 is 0 Å². The van der Waals surface area contributed by atoms with Crippen LogP contribution in [0.1, 0.15) is 34.3 Å². The minimum absolute atomic E-state index is 0.0652. The monoisotopic (exact) mass is 333 g/mol. The molecule has 3 rings (SSSR count). The van der Waals surface area contributed by atoms with Crippen LogP contribution in [0.3, 0.4) is 0 Å². The average Bonchev–Trinajstić information content (AvgIpc) is 2.56. The molecule has 0 saturated heterocycles. The normalized spacial score (nSPS) is 20.0.